The Kier molecular flexibility index (Phi) is 2.90. The van der Waals surface area contributed by atoms with Crippen molar-refractivity contribution in [3.05, 3.63) is 55.4 Å². The molecule has 0 aliphatic carbocycles. The molecule has 0 aliphatic rings. The van der Waals surface area contributed by atoms with Gasteiger partial charge in [0.1, 0.15) is 0 Å². The van der Waals surface area contributed by atoms with Crippen molar-refractivity contribution in [3.8, 4) is 28.5 Å². The van der Waals surface area contributed by atoms with Gasteiger partial charge in [0.25, 0.3) is 0 Å². The van der Waals surface area contributed by atoms with Crippen molar-refractivity contribution in [2.24, 2.45) is 0 Å². The SMILES string of the molecule is c1cn(-c2cnc(-c3ccc(-c4nn[nH]n4)cc3)nc2)cn1. The summed E-state index contributed by atoms with van der Waals surface area (Å²) in [6.07, 6.45) is 8.79. The fraction of sp³-hybridized carbons (Fsp3) is 0. The Morgan fingerprint density at radius 1 is 0.909 bits per heavy atom. The van der Waals surface area contributed by atoms with Gasteiger partial charge in [0.15, 0.2) is 5.82 Å². The highest BCUT2D eigenvalue weighted by molar-refractivity contribution is 5.62. The standard InChI is InChI=1S/C14H10N8/c1-3-11(14-18-20-21-19-14)4-2-10(1)13-16-7-12(8-17-13)22-6-5-15-9-22/h1-9H,(H,18,19,20,21). The summed E-state index contributed by atoms with van der Waals surface area (Å²) in [6.45, 7) is 0. The smallest absolute Gasteiger partial charge is 0.204 e. The zero-order valence-electron chi connectivity index (χ0n) is 11.3. The number of hydrogen-bond donors (Lipinski definition) is 1. The molecular formula is C14H10N8. The summed E-state index contributed by atoms with van der Waals surface area (Å²) < 4.78 is 1.85. The first-order valence-electron chi connectivity index (χ1n) is 6.55. The molecule has 0 bridgehead atoms. The molecule has 0 spiro atoms. The van der Waals surface area contributed by atoms with E-state index in [1.54, 1.807) is 24.9 Å². The molecule has 0 atom stereocenters. The largest absolute Gasteiger partial charge is 0.303 e. The normalized spacial score (nSPS) is 10.7. The highest BCUT2D eigenvalue weighted by atomic mass is 15.5. The zero-order chi connectivity index (χ0) is 14.8. The van der Waals surface area contributed by atoms with Crippen LogP contribution in [0, 0.1) is 0 Å². The molecule has 4 rings (SSSR count). The molecule has 3 aromatic heterocycles. The van der Waals surface area contributed by atoms with Crippen LogP contribution in [0.5, 0.6) is 0 Å². The van der Waals surface area contributed by atoms with Crippen LogP contribution in [0.3, 0.4) is 0 Å². The number of nitrogens with zero attached hydrogens (tertiary/aromatic N) is 7. The molecule has 1 aromatic carbocycles. The molecule has 8 nitrogen and oxygen atoms in total. The lowest BCUT2D eigenvalue weighted by Crippen LogP contribution is -1.95. The van der Waals surface area contributed by atoms with E-state index in [1.165, 1.54) is 0 Å². The summed E-state index contributed by atoms with van der Waals surface area (Å²) >= 11 is 0. The average molecular weight is 290 g/mol. The van der Waals surface area contributed by atoms with E-state index in [9.17, 15) is 0 Å². The maximum Gasteiger partial charge on any atom is 0.204 e. The van der Waals surface area contributed by atoms with Gasteiger partial charge in [-0.2, -0.15) is 5.21 Å². The van der Waals surface area contributed by atoms with Crippen LogP contribution in [-0.4, -0.2) is 40.1 Å². The molecule has 0 fully saturated rings. The predicted octanol–water partition coefficient (Wildman–Crippen LogP) is 1.51. The van der Waals surface area contributed by atoms with Crippen LogP contribution in [-0.2, 0) is 0 Å². The molecule has 0 saturated carbocycles. The number of tetrazole rings is 1. The number of hydrogen-bond acceptors (Lipinski definition) is 6. The van der Waals surface area contributed by atoms with Crippen LogP contribution in [0.25, 0.3) is 28.5 Å². The maximum atomic E-state index is 4.39. The third-order valence-corrected chi connectivity index (χ3v) is 3.19. The second-order valence-corrected chi connectivity index (χ2v) is 4.55. The molecule has 3 heterocycles. The lowest BCUT2D eigenvalue weighted by Gasteiger charge is -2.03. The first-order chi connectivity index (χ1) is 10.9. The van der Waals surface area contributed by atoms with E-state index in [2.05, 4.69) is 35.6 Å². The van der Waals surface area contributed by atoms with Gasteiger partial charge in [0, 0.05) is 23.5 Å². The lowest BCUT2D eigenvalue weighted by molar-refractivity contribution is 0.881. The molecule has 0 saturated heterocycles. The molecule has 106 valence electrons. The van der Waals surface area contributed by atoms with Crippen molar-refractivity contribution in [1.29, 1.82) is 0 Å². The average Bonchev–Trinajstić information content (AvgIpc) is 3.29. The number of benzene rings is 1. The van der Waals surface area contributed by atoms with E-state index in [0.717, 1.165) is 16.8 Å². The molecular weight excluding hydrogens is 280 g/mol. The van der Waals surface area contributed by atoms with E-state index >= 15 is 0 Å². The quantitative estimate of drug-likeness (QED) is 0.614. The minimum absolute atomic E-state index is 0.558. The van der Waals surface area contributed by atoms with Crippen molar-refractivity contribution >= 4 is 0 Å². The van der Waals surface area contributed by atoms with Crippen molar-refractivity contribution < 1.29 is 0 Å². The van der Waals surface area contributed by atoms with Crippen LogP contribution >= 0.6 is 0 Å². The minimum Gasteiger partial charge on any atom is -0.303 e. The Morgan fingerprint density at radius 2 is 1.64 bits per heavy atom. The van der Waals surface area contributed by atoms with Crippen LogP contribution < -0.4 is 0 Å². The van der Waals surface area contributed by atoms with Crippen LogP contribution in [0.15, 0.2) is 55.4 Å². The summed E-state index contributed by atoms with van der Waals surface area (Å²) in [5, 5.41) is 13.9. The Balaban J connectivity index is 1.62. The monoisotopic (exact) mass is 290 g/mol. The van der Waals surface area contributed by atoms with Gasteiger partial charge in [-0.3, -0.25) is 0 Å². The predicted molar refractivity (Wildman–Crippen MR) is 77.8 cm³/mol. The molecule has 4 aromatic rings. The van der Waals surface area contributed by atoms with Crippen molar-refractivity contribution in [2.45, 2.75) is 0 Å². The van der Waals surface area contributed by atoms with Gasteiger partial charge < -0.3 is 4.57 Å². The van der Waals surface area contributed by atoms with Crippen molar-refractivity contribution in [2.75, 3.05) is 0 Å². The van der Waals surface area contributed by atoms with Gasteiger partial charge in [-0.25, -0.2) is 15.0 Å². The minimum atomic E-state index is 0.558. The number of aromatic nitrogens is 8. The van der Waals surface area contributed by atoms with Crippen molar-refractivity contribution in [1.82, 2.24) is 40.1 Å². The van der Waals surface area contributed by atoms with E-state index in [4.69, 9.17) is 0 Å². The zero-order valence-corrected chi connectivity index (χ0v) is 11.3. The van der Waals surface area contributed by atoms with Gasteiger partial charge >= 0.3 is 0 Å². The molecule has 0 unspecified atom stereocenters. The molecule has 0 amide bonds. The molecule has 22 heavy (non-hydrogen) atoms. The third kappa shape index (κ3) is 2.22. The van der Waals surface area contributed by atoms with Crippen LogP contribution in [0.1, 0.15) is 0 Å². The second-order valence-electron chi connectivity index (χ2n) is 4.55. The lowest BCUT2D eigenvalue weighted by atomic mass is 10.1. The molecule has 0 radical (unpaired) electrons. The maximum absolute atomic E-state index is 4.39. The first kappa shape index (κ1) is 12.3. The van der Waals surface area contributed by atoms with Gasteiger partial charge in [-0.05, 0) is 5.21 Å². The van der Waals surface area contributed by atoms with Gasteiger partial charge in [0.05, 0.1) is 24.4 Å². The summed E-state index contributed by atoms with van der Waals surface area (Å²) in [5.74, 6) is 1.21. The summed E-state index contributed by atoms with van der Waals surface area (Å²) in [6, 6.07) is 7.68. The topological polar surface area (TPSA) is 98.1 Å². The number of aromatic amines is 1. The molecule has 8 heteroatoms. The number of nitrogens with one attached hydrogen (secondary N) is 1. The second kappa shape index (κ2) is 5.17. The first-order valence-corrected chi connectivity index (χ1v) is 6.55. The summed E-state index contributed by atoms with van der Waals surface area (Å²) in [4.78, 5) is 12.8. The Bertz CT molecular complexity index is 773. The van der Waals surface area contributed by atoms with Crippen molar-refractivity contribution in [3.63, 3.8) is 0 Å². The molecule has 1 N–H and O–H groups in total. The number of H-pyrrole nitrogens is 1. The van der Waals surface area contributed by atoms with E-state index in [-0.39, 0.29) is 0 Å². The van der Waals surface area contributed by atoms with Crippen LogP contribution in [0.4, 0.5) is 0 Å². The molecule has 0 aliphatic heterocycles. The number of imidazole rings is 1. The van der Waals surface area contributed by atoms with E-state index < -0.39 is 0 Å². The highest BCUT2D eigenvalue weighted by Crippen LogP contribution is 2.20. The Labute approximate surface area is 124 Å². The van der Waals surface area contributed by atoms with Gasteiger partial charge in [-0.15, -0.1) is 10.2 Å². The third-order valence-electron chi connectivity index (χ3n) is 3.19. The van der Waals surface area contributed by atoms with E-state index in [0.29, 0.717) is 11.6 Å². The van der Waals surface area contributed by atoms with Gasteiger partial charge in [-0.1, -0.05) is 24.3 Å². The Hall–Kier alpha value is -3.42. The Morgan fingerprint density at radius 3 is 2.23 bits per heavy atom. The van der Waals surface area contributed by atoms with E-state index in [1.807, 2.05) is 35.0 Å². The number of rotatable bonds is 3. The fourth-order valence-corrected chi connectivity index (χ4v) is 2.07. The fourth-order valence-electron chi connectivity index (χ4n) is 2.07. The summed E-state index contributed by atoms with van der Waals surface area (Å²) in [7, 11) is 0. The summed E-state index contributed by atoms with van der Waals surface area (Å²) in [5.41, 5.74) is 2.67. The van der Waals surface area contributed by atoms with Gasteiger partial charge in [0.2, 0.25) is 5.82 Å². The van der Waals surface area contributed by atoms with Crippen LogP contribution in [0.2, 0.25) is 0 Å². The highest BCUT2D eigenvalue weighted by Gasteiger charge is 2.05.